The summed E-state index contributed by atoms with van der Waals surface area (Å²) >= 11 is 10.6. The van der Waals surface area contributed by atoms with Gasteiger partial charge in [-0.15, -0.1) is 0 Å². The maximum atomic E-state index is 10.3. The summed E-state index contributed by atoms with van der Waals surface area (Å²) in [5.41, 5.74) is 0.321. The van der Waals surface area contributed by atoms with Crippen molar-refractivity contribution in [2.24, 2.45) is 0 Å². The van der Waals surface area contributed by atoms with Gasteiger partial charge in [0, 0.05) is 6.20 Å². The second-order valence-corrected chi connectivity index (χ2v) is 2.28. The molecule has 1 N–H and O–H groups in total. The lowest BCUT2D eigenvalue weighted by Crippen LogP contribution is -1.85. The van der Waals surface area contributed by atoms with E-state index in [1.165, 1.54) is 12.3 Å². The minimum atomic E-state index is -0.526. The quantitative estimate of drug-likeness (QED) is 0.633. The van der Waals surface area contributed by atoms with Crippen LogP contribution in [0.15, 0.2) is 12.3 Å². The topological polar surface area (TPSA) is 32.9 Å². The van der Waals surface area contributed by atoms with Gasteiger partial charge in [0.05, 0.1) is 5.02 Å². The summed E-state index contributed by atoms with van der Waals surface area (Å²) in [6.07, 6.45) is 1.50. The summed E-state index contributed by atoms with van der Waals surface area (Å²) in [4.78, 5) is 12.9. The van der Waals surface area contributed by atoms with E-state index in [1.54, 1.807) is 0 Å². The molecule has 0 aliphatic rings. The van der Waals surface area contributed by atoms with Gasteiger partial charge in [0.1, 0.15) is 5.69 Å². The highest BCUT2D eigenvalue weighted by Gasteiger charge is 2.01. The van der Waals surface area contributed by atoms with Gasteiger partial charge in [-0.1, -0.05) is 11.6 Å². The van der Waals surface area contributed by atoms with Gasteiger partial charge < -0.3 is 4.98 Å². The second kappa shape index (κ2) is 2.42. The summed E-state index contributed by atoms with van der Waals surface area (Å²) in [7, 11) is 0. The SMILES string of the molecule is O=C(Cl)c1cc(Cl)c[nH]1. The van der Waals surface area contributed by atoms with Crippen LogP contribution < -0.4 is 0 Å². The maximum Gasteiger partial charge on any atom is 0.268 e. The Kier molecular flexibility index (Phi) is 1.78. The Morgan fingerprint density at radius 1 is 1.67 bits per heavy atom. The van der Waals surface area contributed by atoms with Gasteiger partial charge >= 0.3 is 0 Å². The summed E-state index contributed by atoms with van der Waals surface area (Å²) in [6.45, 7) is 0. The predicted octanol–water partition coefficient (Wildman–Crippen LogP) is 2.05. The Bertz CT molecular complexity index is 231. The largest absolute Gasteiger partial charge is 0.356 e. The fourth-order valence-corrected chi connectivity index (χ4v) is 0.754. The zero-order valence-corrected chi connectivity index (χ0v) is 5.83. The van der Waals surface area contributed by atoms with E-state index in [0.29, 0.717) is 10.7 Å². The van der Waals surface area contributed by atoms with Crippen LogP contribution in [0.3, 0.4) is 0 Å². The molecule has 0 saturated carbocycles. The minimum Gasteiger partial charge on any atom is -0.356 e. The number of hydrogen-bond donors (Lipinski definition) is 1. The number of aromatic nitrogens is 1. The zero-order chi connectivity index (χ0) is 6.85. The van der Waals surface area contributed by atoms with Crippen LogP contribution in [-0.4, -0.2) is 10.2 Å². The highest BCUT2D eigenvalue weighted by atomic mass is 35.5. The highest BCUT2D eigenvalue weighted by Crippen LogP contribution is 2.10. The van der Waals surface area contributed by atoms with E-state index in [-0.39, 0.29) is 0 Å². The summed E-state index contributed by atoms with van der Waals surface area (Å²) in [5, 5.41) is -0.0408. The normalized spacial score (nSPS) is 9.56. The molecule has 0 spiro atoms. The molecule has 1 heterocycles. The standard InChI is InChI=1S/C5H3Cl2NO/c6-3-1-4(5(7)9)8-2-3/h1-2,8H. The Labute approximate surface area is 61.8 Å². The molecular formula is C5H3Cl2NO. The van der Waals surface area contributed by atoms with Crippen LogP contribution >= 0.6 is 23.2 Å². The van der Waals surface area contributed by atoms with E-state index in [0.717, 1.165) is 0 Å². The second-order valence-electron chi connectivity index (χ2n) is 1.51. The third kappa shape index (κ3) is 1.47. The molecule has 0 unspecified atom stereocenters. The van der Waals surface area contributed by atoms with Crippen molar-refractivity contribution in [3.63, 3.8) is 0 Å². The molecule has 0 aliphatic carbocycles. The predicted molar refractivity (Wildman–Crippen MR) is 36.0 cm³/mol. The molecular weight excluding hydrogens is 161 g/mol. The fraction of sp³-hybridized carbons (Fsp3) is 0. The van der Waals surface area contributed by atoms with Crippen molar-refractivity contribution in [2.45, 2.75) is 0 Å². The lowest BCUT2D eigenvalue weighted by atomic mass is 10.5. The Hall–Kier alpha value is -0.470. The molecule has 9 heavy (non-hydrogen) atoms. The van der Waals surface area contributed by atoms with Crippen LogP contribution in [0.2, 0.25) is 5.02 Å². The molecule has 0 atom stereocenters. The number of rotatable bonds is 1. The van der Waals surface area contributed by atoms with Gasteiger partial charge in [0.15, 0.2) is 0 Å². The van der Waals surface area contributed by atoms with Gasteiger partial charge in [0.25, 0.3) is 5.24 Å². The van der Waals surface area contributed by atoms with Crippen molar-refractivity contribution in [3.8, 4) is 0 Å². The van der Waals surface area contributed by atoms with Crippen molar-refractivity contribution < 1.29 is 4.79 Å². The van der Waals surface area contributed by atoms with Gasteiger partial charge in [-0.2, -0.15) is 0 Å². The first-order valence-corrected chi connectivity index (χ1v) is 2.99. The molecule has 1 aromatic heterocycles. The molecule has 1 rings (SSSR count). The lowest BCUT2D eigenvalue weighted by Gasteiger charge is -1.79. The summed E-state index contributed by atoms with van der Waals surface area (Å²) in [6, 6.07) is 1.47. The van der Waals surface area contributed by atoms with Crippen molar-refractivity contribution >= 4 is 28.4 Å². The van der Waals surface area contributed by atoms with E-state index in [4.69, 9.17) is 23.2 Å². The number of carbonyl (C=O) groups is 1. The lowest BCUT2D eigenvalue weighted by molar-refractivity contribution is 0.107. The molecule has 0 amide bonds. The van der Waals surface area contributed by atoms with Gasteiger partial charge in [0.2, 0.25) is 0 Å². The Morgan fingerprint density at radius 3 is 2.56 bits per heavy atom. The number of hydrogen-bond acceptors (Lipinski definition) is 1. The first-order valence-electron chi connectivity index (χ1n) is 2.24. The fourth-order valence-electron chi connectivity index (χ4n) is 0.481. The van der Waals surface area contributed by atoms with Crippen LogP contribution in [-0.2, 0) is 0 Å². The zero-order valence-electron chi connectivity index (χ0n) is 4.32. The molecule has 1 aromatic rings. The van der Waals surface area contributed by atoms with Crippen LogP contribution in [0.5, 0.6) is 0 Å². The van der Waals surface area contributed by atoms with E-state index in [1.807, 2.05) is 0 Å². The molecule has 4 heteroatoms. The van der Waals surface area contributed by atoms with E-state index < -0.39 is 5.24 Å². The third-order valence-corrected chi connectivity index (χ3v) is 1.28. The number of nitrogens with one attached hydrogen (secondary N) is 1. The highest BCUT2D eigenvalue weighted by molar-refractivity contribution is 6.67. The average molecular weight is 164 g/mol. The average Bonchev–Trinajstić information content (AvgIpc) is 2.14. The maximum absolute atomic E-state index is 10.3. The molecule has 0 radical (unpaired) electrons. The van der Waals surface area contributed by atoms with Crippen molar-refractivity contribution in [3.05, 3.63) is 23.0 Å². The number of aromatic amines is 1. The van der Waals surface area contributed by atoms with E-state index in [2.05, 4.69) is 4.98 Å². The molecule has 48 valence electrons. The summed E-state index contributed by atoms with van der Waals surface area (Å²) < 4.78 is 0. The van der Waals surface area contributed by atoms with Gasteiger partial charge in [-0.05, 0) is 17.7 Å². The first-order chi connectivity index (χ1) is 4.20. The third-order valence-electron chi connectivity index (χ3n) is 0.860. The van der Waals surface area contributed by atoms with E-state index >= 15 is 0 Å². The van der Waals surface area contributed by atoms with Crippen LogP contribution in [0.1, 0.15) is 10.5 Å². The van der Waals surface area contributed by atoms with Crippen molar-refractivity contribution in [1.82, 2.24) is 4.98 Å². The molecule has 2 nitrogen and oxygen atoms in total. The Balaban J connectivity index is 2.98. The Morgan fingerprint density at radius 2 is 2.33 bits per heavy atom. The minimum absolute atomic E-state index is 0.321. The van der Waals surface area contributed by atoms with Crippen LogP contribution in [0.25, 0.3) is 0 Å². The van der Waals surface area contributed by atoms with Crippen LogP contribution in [0, 0.1) is 0 Å². The number of carbonyl (C=O) groups excluding carboxylic acids is 1. The van der Waals surface area contributed by atoms with Crippen molar-refractivity contribution in [2.75, 3.05) is 0 Å². The number of halogens is 2. The van der Waals surface area contributed by atoms with Crippen molar-refractivity contribution in [1.29, 1.82) is 0 Å². The van der Waals surface area contributed by atoms with E-state index in [9.17, 15) is 4.79 Å². The molecule has 0 saturated heterocycles. The molecule has 0 aliphatic heterocycles. The molecule has 0 fully saturated rings. The molecule has 0 aromatic carbocycles. The summed E-state index contributed by atoms with van der Waals surface area (Å²) in [5.74, 6) is 0. The smallest absolute Gasteiger partial charge is 0.268 e. The van der Waals surface area contributed by atoms with Gasteiger partial charge in [-0.25, -0.2) is 0 Å². The van der Waals surface area contributed by atoms with Gasteiger partial charge in [-0.3, -0.25) is 4.79 Å². The molecule has 0 bridgehead atoms. The monoisotopic (exact) mass is 163 g/mol. The van der Waals surface area contributed by atoms with Crippen LogP contribution in [0.4, 0.5) is 0 Å². The first kappa shape index (κ1) is 6.65. The number of H-pyrrole nitrogens is 1.